The normalized spacial score (nSPS) is 17.6. The standard InChI is InChI=1S/C18H23ClN4O2/c1-3-17-21-6-8-23(17)12-5-4-7-22(11-12)18(24)13-9-14(19)15(20)10-16(13)25-2/h6,8-10,12H,3-5,7,11,20H2,1-2H3. The summed E-state index contributed by atoms with van der Waals surface area (Å²) in [6.07, 6.45) is 6.68. The number of nitrogen functional groups attached to an aromatic ring is 1. The lowest BCUT2D eigenvalue weighted by Gasteiger charge is -2.34. The molecule has 1 unspecified atom stereocenters. The number of piperidine rings is 1. The summed E-state index contributed by atoms with van der Waals surface area (Å²) in [6, 6.07) is 3.43. The van der Waals surface area contributed by atoms with Crippen molar-refractivity contribution in [2.45, 2.75) is 32.2 Å². The number of carbonyl (C=O) groups excluding carboxylic acids is 1. The Kier molecular flexibility index (Phi) is 5.18. The number of benzene rings is 1. The molecule has 1 atom stereocenters. The number of nitrogens with two attached hydrogens (primary N) is 1. The first-order valence-electron chi connectivity index (χ1n) is 8.49. The van der Waals surface area contributed by atoms with Crippen molar-refractivity contribution in [2.75, 3.05) is 25.9 Å². The van der Waals surface area contributed by atoms with Crippen LogP contribution in [0.3, 0.4) is 0 Å². The van der Waals surface area contributed by atoms with E-state index in [0.29, 0.717) is 28.6 Å². The number of aryl methyl sites for hydroxylation is 1. The summed E-state index contributed by atoms with van der Waals surface area (Å²) in [4.78, 5) is 19.3. The maximum atomic E-state index is 13.0. The molecule has 0 radical (unpaired) electrons. The van der Waals surface area contributed by atoms with Crippen molar-refractivity contribution >= 4 is 23.2 Å². The molecular formula is C18H23ClN4O2. The minimum Gasteiger partial charge on any atom is -0.496 e. The predicted octanol–water partition coefficient (Wildman–Crippen LogP) is 3.17. The fourth-order valence-corrected chi connectivity index (χ4v) is 3.56. The van der Waals surface area contributed by atoms with Crippen molar-refractivity contribution < 1.29 is 9.53 Å². The second-order valence-corrected chi connectivity index (χ2v) is 6.63. The van der Waals surface area contributed by atoms with Crippen molar-refractivity contribution in [1.82, 2.24) is 14.5 Å². The van der Waals surface area contributed by atoms with Gasteiger partial charge in [-0.25, -0.2) is 4.98 Å². The maximum Gasteiger partial charge on any atom is 0.257 e. The quantitative estimate of drug-likeness (QED) is 0.848. The fraction of sp³-hybridized carbons (Fsp3) is 0.444. The van der Waals surface area contributed by atoms with E-state index in [0.717, 1.165) is 31.6 Å². The van der Waals surface area contributed by atoms with E-state index in [-0.39, 0.29) is 11.9 Å². The summed E-state index contributed by atoms with van der Waals surface area (Å²) >= 11 is 6.11. The van der Waals surface area contributed by atoms with Crippen LogP contribution in [0.4, 0.5) is 5.69 Å². The van der Waals surface area contributed by atoms with E-state index in [4.69, 9.17) is 22.1 Å². The minimum absolute atomic E-state index is 0.0818. The van der Waals surface area contributed by atoms with E-state index in [1.54, 1.807) is 12.1 Å². The van der Waals surface area contributed by atoms with Crippen molar-refractivity contribution in [3.63, 3.8) is 0 Å². The highest BCUT2D eigenvalue weighted by molar-refractivity contribution is 6.33. The van der Waals surface area contributed by atoms with Gasteiger partial charge in [0.25, 0.3) is 5.91 Å². The second kappa shape index (κ2) is 7.35. The van der Waals surface area contributed by atoms with Gasteiger partial charge in [-0.15, -0.1) is 0 Å². The number of aromatic nitrogens is 2. The van der Waals surface area contributed by atoms with E-state index >= 15 is 0 Å². The highest BCUT2D eigenvalue weighted by Crippen LogP contribution is 2.31. The summed E-state index contributed by atoms with van der Waals surface area (Å²) in [5.41, 5.74) is 6.66. The molecule has 1 amide bonds. The van der Waals surface area contributed by atoms with E-state index in [1.165, 1.54) is 7.11 Å². The molecule has 0 aliphatic carbocycles. The van der Waals surface area contributed by atoms with Crippen LogP contribution in [0.5, 0.6) is 5.75 Å². The largest absolute Gasteiger partial charge is 0.496 e. The average Bonchev–Trinajstić information content (AvgIpc) is 3.12. The summed E-state index contributed by atoms with van der Waals surface area (Å²) in [7, 11) is 1.53. The van der Waals surface area contributed by atoms with Crippen molar-refractivity contribution in [3.8, 4) is 5.75 Å². The molecule has 1 aromatic heterocycles. The van der Waals surface area contributed by atoms with Crippen molar-refractivity contribution in [1.29, 1.82) is 0 Å². The zero-order valence-electron chi connectivity index (χ0n) is 14.5. The molecule has 0 spiro atoms. The van der Waals surface area contributed by atoms with E-state index in [9.17, 15) is 4.79 Å². The fourth-order valence-electron chi connectivity index (χ4n) is 3.39. The molecule has 1 saturated heterocycles. The number of anilines is 1. The smallest absolute Gasteiger partial charge is 0.257 e. The van der Waals surface area contributed by atoms with Crippen molar-refractivity contribution in [2.24, 2.45) is 0 Å². The van der Waals surface area contributed by atoms with Gasteiger partial charge in [0.1, 0.15) is 11.6 Å². The Labute approximate surface area is 152 Å². The first kappa shape index (κ1) is 17.6. The molecule has 3 rings (SSSR count). The Balaban J connectivity index is 1.84. The second-order valence-electron chi connectivity index (χ2n) is 6.23. The molecular weight excluding hydrogens is 340 g/mol. The molecule has 1 aliphatic rings. The van der Waals surface area contributed by atoms with Gasteiger partial charge in [-0.3, -0.25) is 4.79 Å². The van der Waals surface area contributed by atoms with Gasteiger partial charge in [0, 0.05) is 38.0 Å². The number of hydrogen-bond donors (Lipinski definition) is 1. The molecule has 0 bridgehead atoms. The zero-order valence-corrected chi connectivity index (χ0v) is 15.3. The van der Waals surface area contributed by atoms with Gasteiger partial charge in [-0.05, 0) is 18.9 Å². The van der Waals surface area contributed by atoms with Crippen LogP contribution in [0.2, 0.25) is 5.02 Å². The van der Waals surface area contributed by atoms with Crippen molar-refractivity contribution in [3.05, 3.63) is 40.9 Å². The molecule has 1 aromatic carbocycles. The molecule has 134 valence electrons. The summed E-state index contributed by atoms with van der Waals surface area (Å²) in [5.74, 6) is 1.42. The van der Waals surface area contributed by atoms with Gasteiger partial charge in [-0.1, -0.05) is 18.5 Å². The lowest BCUT2D eigenvalue weighted by Crippen LogP contribution is -2.41. The van der Waals surface area contributed by atoms with Crippen LogP contribution in [-0.4, -0.2) is 40.6 Å². The summed E-state index contributed by atoms with van der Waals surface area (Å²) < 4.78 is 7.51. The van der Waals surface area contributed by atoms with Gasteiger partial charge < -0.3 is 19.9 Å². The minimum atomic E-state index is -0.0818. The Hall–Kier alpha value is -2.21. The highest BCUT2D eigenvalue weighted by Gasteiger charge is 2.28. The number of nitrogens with zero attached hydrogens (tertiary/aromatic N) is 3. The molecule has 0 saturated carbocycles. The highest BCUT2D eigenvalue weighted by atomic mass is 35.5. The number of carbonyl (C=O) groups is 1. The Morgan fingerprint density at radius 2 is 2.28 bits per heavy atom. The van der Waals surface area contributed by atoms with E-state index < -0.39 is 0 Å². The number of methoxy groups -OCH3 is 1. The van der Waals surface area contributed by atoms with Crippen LogP contribution in [-0.2, 0) is 6.42 Å². The third-order valence-corrected chi connectivity index (χ3v) is 5.02. The SMILES string of the molecule is CCc1nccn1C1CCCN(C(=O)c2cc(Cl)c(N)cc2OC)C1. The number of halogens is 1. The molecule has 2 heterocycles. The van der Waals surface area contributed by atoms with Gasteiger partial charge in [-0.2, -0.15) is 0 Å². The number of rotatable bonds is 4. The van der Waals surface area contributed by atoms with Gasteiger partial charge >= 0.3 is 0 Å². The van der Waals surface area contributed by atoms with E-state index in [2.05, 4.69) is 16.5 Å². The van der Waals surface area contributed by atoms with E-state index in [1.807, 2.05) is 17.3 Å². The predicted molar refractivity (Wildman–Crippen MR) is 98.2 cm³/mol. The Morgan fingerprint density at radius 1 is 1.48 bits per heavy atom. The maximum absolute atomic E-state index is 13.0. The molecule has 1 aliphatic heterocycles. The van der Waals surface area contributed by atoms with Gasteiger partial charge in [0.15, 0.2) is 0 Å². The van der Waals surface area contributed by atoms with Crippen LogP contribution in [0, 0.1) is 0 Å². The van der Waals surface area contributed by atoms with Gasteiger partial charge in [0.2, 0.25) is 0 Å². The first-order valence-corrected chi connectivity index (χ1v) is 8.87. The molecule has 7 heteroatoms. The lowest BCUT2D eigenvalue weighted by atomic mass is 10.0. The topological polar surface area (TPSA) is 73.4 Å². The number of amides is 1. The third-order valence-electron chi connectivity index (χ3n) is 4.69. The Morgan fingerprint density at radius 3 is 3.00 bits per heavy atom. The molecule has 2 aromatic rings. The van der Waals surface area contributed by atoms with Crippen LogP contribution >= 0.6 is 11.6 Å². The van der Waals surface area contributed by atoms with Gasteiger partial charge in [0.05, 0.1) is 29.4 Å². The number of ether oxygens (including phenoxy) is 1. The number of imidazole rings is 1. The lowest BCUT2D eigenvalue weighted by molar-refractivity contribution is 0.0674. The Bertz CT molecular complexity index is 774. The third kappa shape index (κ3) is 3.44. The van der Waals surface area contributed by atoms with Crippen LogP contribution < -0.4 is 10.5 Å². The number of likely N-dealkylation sites (tertiary alicyclic amines) is 1. The molecule has 2 N–H and O–H groups in total. The summed E-state index contributed by atoms with van der Waals surface area (Å²) in [5, 5.41) is 0.362. The molecule has 1 fully saturated rings. The average molecular weight is 363 g/mol. The molecule has 25 heavy (non-hydrogen) atoms. The summed E-state index contributed by atoms with van der Waals surface area (Å²) in [6.45, 7) is 3.45. The van der Waals surface area contributed by atoms with Crippen LogP contribution in [0.15, 0.2) is 24.5 Å². The van der Waals surface area contributed by atoms with Crippen LogP contribution in [0.1, 0.15) is 42.0 Å². The molecule has 6 nitrogen and oxygen atoms in total. The number of hydrogen-bond acceptors (Lipinski definition) is 4. The first-order chi connectivity index (χ1) is 12.0. The monoisotopic (exact) mass is 362 g/mol. The van der Waals surface area contributed by atoms with Crippen LogP contribution in [0.25, 0.3) is 0 Å². The zero-order chi connectivity index (χ0) is 18.0.